The van der Waals surface area contributed by atoms with Crippen LogP contribution in [-0.2, 0) is 25.8 Å². The van der Waals surface area contributed by atoms with Crippen LogP contribution < -0.4 is 0 Å². The highest BCUT2D eigenvalue weighted by atomic mass is 35.5. The van der Waals surface area contributed by atoms with E-state index in [1.807, 2.05) is 0 Å². The van der Waals surface area contributed by atoms with E-state index in [9.17, 15) is 23.1 Å². The van der Waals surface area contributed by atoms with Gasteiger partial charge in [0.25, 0.3) is 0 Å². The molecule has 0 aliphatic carbocycles. The fraction of sp³-hybridized carbons (Fsp3) is 0.263. The van der Waals surface area contributed by atoms with Crippen LogP contribution in [0.1, 0.15) is 12.0 Å². The van der Waals surface area contributed by atoms with Crippen LogP contribution >= 0.6 is 11.6 Å². The quantitative estimate of drug-likeness (QED) is 0.787. The third-order valence-electron chi connectivity index (χ3n) is 5.27. The molecule has 2 aliphatic rings. The number of ketones is 1. The third kappa shape index (κ3) is 2.56. The second kappa shape index (κ2) is 6.07. The SMILES string of the molecule is O=C1CC2(S(=O)(=O)c3ccc(Cl)cc3)C(=O)C(Cc3ccc(O)cc3)CN12. The number of Topliss-reactive ketones (excluding diaryl/α,β-unsaturated/α-hetero) is 1. The smallest absolute Gasteiger partial charge is 0.228 e. The molecule has 2 saturated heterocycles. The van der Waals surface area contributed by atoms with Crippen LogP contribution in [0.3, 0.4) is 0 Å². The first kappa shape index (κ1) is 18.0. The molecule has 8 heteroatoms. The van der Waals surface area contributed by atoms with Gasteiger partial charge in [-0.15, -0.1) is 0 Å². The van der Waals surface area contributed by atoms with Crippen molar-refractivity contribution in [2.24, 2.45) is 5.92 Å². The van der Waals surface area contributed by atoms with Gasteiger partial charge in [0.15, 0.2) is 5.78 Å². The van der Waals surface area contributed by atoms with Gasteiger partial charge in [0.1, 0.15) is 5.75 Å². The van der Waals surface area contributed by atoms with Crippen molar-refractivity contribution in [2.45, 2.75) is 22.6 Å². The average Bonchev–Trinajstić information content (AvgIpc) is 2.86. The van der Waals surface area contributed by atoms with E-state index in [0.717, 1.165) is 5.56 Å². The van der Waals surface area contributed by atoms with E-state index >= 15 is 0 Å². The number of hydrogen-bond donors (Lipinski definition) is 1. The van der Waals surface area contributed by atoms with Gasteiger partial charge in [-0.2, -0.15) is 0 Å². The van der Waals surface area contributed by atoms with Crippen molar-refractivity contribution in [3.63, 3.8) is 0 Å². The van der Waals surface area contributed by atoms with E-state index in [2.05, 4.69) is 0 Å². The summed E-state index contributed by atoms with van der Waals surface area (Å²) in [6, 6.07) is 12.0. The van der Waals surface area contributed by atoms with Gasteiger partial charge in [-0.05, 0) is 48.4 Å². The topological polar surface area (TPSA) is 91.8 Å². The molecule has 2 unspecified atom stereocenters. The molecule has 0 aromatic heterocycles. The van der Waals surface area contributed by atoms with E-state index < -0.39 is 26.4 Å². The Morgan fingerprint density at radius 1 is 1.07 bits per heavy atom. The molecule has 4 rings (SSSR count). The number of nitrogens with zero attached hydrogens (tertiary/aromatic N) is 1. The maximum absolute atomic E-state index is 13.2. The Labute approximate surface area is 161 Å². The summed E-state index contributed by atoms with van der Waals surface area (Å²) in [6.07, 6.45) is -0.0242. The van der Waals surface area contributed by atoms with Crippen LogP contribution in [0.15, 0.2) is 53.4 Å². The number of benzene rings is 2. The summed E-state index contributed by atoms with van der Waals surface area (Å²) in [6.45, 7) is 0.0748. The van der Waals surface area contributed by atoms with Crippen LogP contribution in [0.5, 0.6) is 5.75 Å². The van der Waals surface area contributed by atoms with E-state index in [1.54, 1.807) is 12.1 Å². The molecular weight excluding hydrogens is 390 g/mol. The lowest BCUT2D eigenvalue weighted by molar-refractivity contribution is -0.150. The molecule has 2 atom stereocenters. The van der Waals surface area contributed by atoms with E-state index in [4.69, 9.17) is 11.6 Å². The largest absolute Gasteiger partial charge is 0.508 e. The minimum atomic E-state index is -4.07. The van der Waals surface area contributed by atoms with E-state index in [1.165, 1.54) is 41.3 Å². The standard InChI is InChI=1S/C19H16ClNO5S/c20-14-3-7-16(8-4-14)27(25,26)19-10-17(23)21(19)11-13(18(19)24)9-12-1-5-15(22)6-2-12/h1-8,13,22H,9-11H2. The van der Waals surface area contributed by atoms with Gasteiger partial charge < -0.3 is 10.0 Å². The zero-order valence-corrected chi connectivity index (χ0v) is 15.7. The Hall–Kier alpha value is -2.38. The number of amides is 1. The number of sulfone groups is 1. The number of phenolic OH excluding ortho intramolecular Hbond substituents is 1. The number of phenols is 1. The number of carbonyl (C=O) groups excluding carboxylic acids is 2. The highest BCUT2D eigenvalue weighted by Crippen LogP contribution is 2.48. The third-order valence-corrected chi connectivity index (χ3v) is 7.87. The zero-order chi connectivity index (χ0) is 19.4. The van der Waals surface area contributed by atoms with Crippen LogP contribution in [-0.4, -0.2) is 41.5 Å². The minimum Gasteiger partial charge on any atom is -0.508 e. The molecule has 27 heavy (non-hydrogen) atoms. The Bertz CT molecular complexity index is 1030. The van der Waals surface area contributed by atoms with Gasteiger partial charge in [0.2, 0.25) is 20.6 Å². The Morgan fingerprint density at radius 2 is 1.70 bits per heavy atom. The highest BCUT2D eigenvalue weighted by molar-refractivity contribution is 7.93. The summed E-state index contributed by atoms with van der Waals surface area (Å²) in [5.74, 6) is -1.29. The van der Waals surface area contributed by atoms with Gasteiger partial charge in [-0.1, -0.05) is 23.7 Å². The number of rotatable bonds is 4. The number of fused-ring (bicyclic) bond motifs is 1. The first-order valence-electron chi connectivity index (χ1n) is 8.38. The lowest BCUT2D eigenvalue weighted by Gasteiger charge is -2.44. The molecule has 1 N–H and O–H groups in total. The van der Waals surface area contributed by atoms with Crippen molar-refractivity contribution in [1.82, 2.24) is 4.90 Å². The second-order valence-electron chi connectivity index (χ2n) is 6.85. The van der Waals surface area contributed by atoms with Crippen molar-refractivity contribution in [2.75, 3.05) is 6.54 Å². The molecule has 0 saturated carbocycles. The van der Waals surface area contributed by atoms with Gasteiger partial charge in [0.05, 0.1) is 11.3 Å². The number of hydrogen-bond acceptors (Lipinski definition) is 5. The van der Waals surface area contributed by atoms with Crippen molar-refractivity contribution in [1.29, 1.82) is 0 Å². The van der Waals surface area contributed by atoms with Crippen molar-refractivity contribution in [3.05, 3.63) is 59.1 Å². The van der Waals surface area contributed by atoms with Gasteiger partial charge in [0, 0.05) is 17.5 Å². The molecule has 0 bridgehead atoms. The summed E-state index contributed by atoms with van der Waals surface area (Å²) < 4.78 is 26.5. The first-order chi connectivity index (χ1) is 12.8. The van der Waals surface area contributed by atoms with Gasteiger partial charge in [-0.3, -0.25) is 9.59 Å². The monoisotopic (exact) mass is 405 g/mol. The molecule has 1 amide bonds. The number of β-lactam (4-membered cyclic amide) rings is 1. The normalized spacial score (nSPS) is 24.6. The molecule has 2 heterocycles. The summed E-state index contributed by atoms with van der Waals surface area (Å²) >= 11 is 5.83. The first-order valence-corrected chi connectivity index (χ1v) is 10.2. The molecule has 2 aromatic carbocycles. The van der Waals surface area contributed by atoms with E-state index in [0.29, 0.717) is 11.4 Å². The predicted molar refractivity (Wildman–Crippen MR) is 98.0 cm³/mol. The zero-order valence-electron chi connectivity index (χ0n) is 14.1. The summed E-state index contributed by atoms with van der Waals surface area (Å²) in [7, 11) is -4.07. The van der Waals surface area contributed by atoms with Crippen molar-refractivity contribution in [3.8, 4) is 5.75 Å². The fourth-order valence-electron chi connectivity index (χ4n) is 3.85. The highest BCUT2D eigenvalue weighted by Gasteiger charge is 2.70. The molecule has 2 aromatic rings. The van der Waals surface area contributed by atoms with Crippen LogP contribution in [0.4, 0.5) is 0 Å². The number of aromatic hydroxyl groups is 1. The molecule has 2 fully saturated rings. The summed E-state index contributed by atoms with van der Waals surface area (Å²) in [5, 5.41) is 9.77. The molecule has 6 nitrogen and oxygen atoms in total. The van der Waals surface area contributed by atoms with Crippen molar-refractivity contribution < 1.29 is 23.1 Å². The van der Waals surface area contributed by atoms with Crippen LogP contribution in [0.2, 0.25) is 5.02 Å². The maximum atomic E-state index is 13.2. The summed E-state index contributed by atoms with van der Waals surface area (Å²) in [5.41, 5.74) is 0.792. The molecule has 0 spiro atoms. The average molecular weight is 406 g/mol. The lowest BCUT2D eigenvalue weighted by Crippen LogP contribution is -2.67. The number of halogens is 1. The van der Waals surface area contributed by atoms with E-state index in [-0.39, 0.29) is 29.5 Å². The Balaban J connectivity index is 1.69. The molecule has 0 radical (unpaired) electrons. The molecular formula is C19H16ClNO5S. The maximum Gasteiger partial charge on any atom is 0.228 e. The molecule has 140 valence electrons. The second-order valence-corrected chi connectivity index (χ2v) is 9.44. The molecule has 2 aliphatic heterocycles. The van der Waals surface area contributed by atoms with Crippen LogP contribution in [0.25, 0.3) is 0 Å². The Kier molecular flexibility index (Phi) is 4.05. The summed E-state index contributed by atoms with van der Waals surface area (Å²) in [4.78, 5) is 24.6. The van der Waals surface area contributed by atoms with Gasteiger partial charge >= 0.3 is 0 Å². The lowest BCUT2D eigenvalue weighted by atomic mass is 9.93. The van der Waals surface area contributed by atoms with Crippen LogP contribution in [0, 0.1) is 5.92 Å². The van der Waals surface area contributed by atoms with Crippen molar-refractivity contribution >= 4 is 33.1 Å². The van der Waals surface area contributed by atoms with Gasteiger partial charge in [-0.25, -0.2) is 8.42 Å². The fourth-order valence-corrected chi connectivity index (χ4v) is 6.07. The minimum absolute atomic E-state index is 0.0250. The Morgan fingerprint density at radius 3 is 2.30 bits per heavy atom. The number of carbonyl (C=O) groups is 2. The predicted octanol–water partition coefficient (Wildman–Crippen LogP) is 2.19.